The van der Waals surface area contributed by atoms with Crippen LogP contribution in [0.5, 0.6) is 5.75 Å². The number of hydrogen-bond acceptors (Lipinski definition) is 4. The van der Waals surface area contributed by atoms with Crippen LogP contribution in [-0.4, -0.2) is 27.5 Å². The van der Waals surface area contributed by atoms with E-state index in [-0.39, 0.29) is 11.6 Å². The summed E-state index contributed by atoms with van der Waals surface area (Å²) in [6.45, 7) is 3.54. The molecule has 1 aromatic heterocycles. The van der Waals surface area contributed by atoms with Crippen molar-refractivity contribution in [1.82, 2.24) is 19.7 Å². The van der Waals surface area contributed by atoms with Crippen molar-refractivity contribution in [2.45, 2.75) is 32.0 Å². The van der Waals surface area contributed by atoms with E-state index in [1.807, 2.05) is 18.2 Å². The summed E-state index contributed by atoms with van der Waals surface area (Å²) in [7, 11) is 0. The first-order chi connectivity index (χ1) is 10.3. The Morgan fingerprint density at radius 1 is 1.38 bits per heavy atom. The third-order valence-corrected chi connectivity index (χ3v) is 4.27. The summed E-state index contributed by atoms with van der Waals surface area (Å²) in [5.41, 5.74) is 1.19. The number of nitrogens with one attached hydrogen (secondary N) is 1. The monoisotopic (exact) mass is 286 g/mol. The number of nitrogens with zero attached hydrogens (tertiary/aromatic N) is 3. The van der Waals surface area contributed by atoms with Gasteiger partial charge in [-0.25, -0.2) is 9.48 Å². The molecule has 1 atom stereocenters. The lowest BCUT2D eigenvalue weighted by Crippen LogP contribution is -2.34. The van der Waals surface area contributed by atoms with E-state index < -0.39 is 0 Å². The van der Waals surface area contributed by atoms with Gasteiger partial charge in [-0.05, 0) is 18.1 Å². The van der Waals surface area contributed by atoms with E-state index >= 15 is 0 Å². The highest BCUT2D eigenvalue weighted by Crippen LogP contribution is 2.33. The second-order valence-corrected chi connectivity index (χ2v) is 5.58. The van der Waals surface area contributed by atoms with Gasteiger partial charge in [-0.3, -0.25) is 4.57 Å². The van der Waals surface area contributed by atoms with Gasteiger partial charge < -0.3 is 10.1 Å². The van der Waals surface area contributed by atoms with Crippen LogP contribution >= 0.6 is 0 Å². The van der Waals surface area contributed by atoms with Gasteiger partial charge in [0, 0.05) is 19.0 Å². The maximum atomic E-state index is 12.4. The smallest absolute Gasteiger partial charge is 0.346 e. The van der Waals surface area contributed by atoms with Gasteiger partial charge in [-0.1, -0.05) is 18.2 Å². The van der Waals surface area contributed by atoms with E-state index in [4.69, 9.17) is 4.74 Å². The van der Waals surface area contributed by atoms with Crippen LogP contribution < -0.4 is 15.7 Å². The van der Waals surface area contributed by atoms with Crippen molar-refractivity contribution in [3.05, 3.63) is 46.1 Å². The van der Waals surface area contributed by atoms with E-state index in [2.05, 4.69) is 16.5 Å². The lowest BCUT2D eigenvalue weighted by molar-refractivity contribution is 0.255. The molecule has 0 spiro atoms. The predicted octanol–water partition coefficient (Wildman–Crippen LogP) is 0.714. The fraction of sp³-hybridized carbons (Fsp3) is 0.467. The molecule has 0 saturated carbocycles. The van der Waals surface area contributed by atoms with E-state index in [0.717, 1.165) is 24.5 Å². The number of ether oxygens (including phenoxy) is 1. The molecule has 2 aromatic rings. The number of para-hydroxylation sites is 1. The first-order valence-corrected chi connectivity index (χ1v) is 7.42. The van der Waals surface area contributed by atoms with Gasteiger partial charge in [0.1, 0.15) is 11.6 Å². The number of fused-ring (bicyclic) bond motifs is 2. The molecular weight excluding hydrogens is 268 g/mol. The summed E-state index contributed by atoms with van der Waals surface area (Å²) in [6, 6.07) is 8.08. The molecule has 0 aliphatic carbocycles. The van der Waals surface area contributed by atoms with Crippen molar-refractivity contribution >= 4 is 0 Å². The minimum atomic E-state index is 0.00970. The Kier molecular flexibility index (Phi) is 3.03. The van der Waals surface area contributed by atoms with E-state index in [1.54, 1.807) is 9.25 Å². The van der Waals surface area contributed by atoms with Crippen LogP contribution in [0.2, 0.25) is 0 Å². The Bertz CT molecular complexity index is 719. The molecule has 0 bridgehead atoms. The minimum absolute atomic E-state index is 0.00970. The van der Waals surface area contributed by atoms with Crippen LogP contribution in [0.1, 0.15) is 23.7 Å². The molecule has 110 valence electrons. The summed E-state index contributed by atoms with van der Waals surface area (Å²) < 4.78 is 9.08. The Labute approximate surface area is 122 Å². The number of hydrogen-bond donors (Lipinski definition) is 1. The summed E-state index contributed by atoms with van der Waals surface area (Å²) in [5, 5.41) is 7.73. The summed E-state index contributed by atoms with van der Waals surface area (Å²) in [4.78, 5) is 12.4. The van der Waals surface area contributed by atoms with Gasteiger partial charge in [-0.2, -0.15) is 5.10 Å². The quantitative estimate of drug-likeness (QED) is 0.883. The summed E-state index contributed by atoms with van der Waals surface area (Å²) in [6.07, 6.45) is 0.921. The molecule has 6 nitrogen and oxygen atoms in total. The third-order valence-electron chi connectivity index (χ3n) is 4.27. The van der Waals surface area contributed by atoms with Crippen LogP contribution in [0.3, 0.4) is 0 Å². The Morgan fingerprint density at radius 3 is 3.19 bits per heavy atom. The molecule has 1 N–H and O–H groups in total. The van der Waals surface area contributed by atoms with Crippen LogP contribution in [0.15, 0.2) is 29.1 Å². The highest BCUT2D eigenvalue weighted by atomic mass is 16.5. The van der Waals surface area contributed by atoms with Gasteiger partial charge in [0.25, 0.3) is 0 Å². The second-order valence-electron chi connectivity index (χ2n) is 5.58. The molecule has 1 unspecified atom stereocenters. The Morgan fingerprint density at radius 2 is 2.29 bits per heavy atom. The number of benzene rings is 1. The first-order valence-electron chi connectivity index (χ1n) is 7.42. The Balaban J connectivity index is 1.66. The maximum Gasteiger partial charge on any atom is 0.346 e. The molecule has 21 heavy (non-hydrogen) atoms. The van der Waals surface area contributed by atoms with Crippen molar-refractivity contribution in [2.24, 2.45) is 0 Å². The van der Waals surface area contributed by atoms with Gasteiger partial charge in [0.15, 0.2) is 0 Å². The minimum Gasteiger partial charge on any atom is -0.493 e. The highest BCUT2D eigenvalue weighted by molar-refractivity contribution is 5.37. The lowest BCUT2D eigenvalue weighted by atomic mass is 9.93. The van der Waals surface area contributed by atoms with Crippen molar-refractivity contribution < 1.29 is 4.74 Å². The average molecular weight is 286 g/mol. The highest BCUT2D eigenvalue weighted by Gasteiger charge is 2.24. The van der Waals surface area contributed by atoms with Crippen molar-refractivity contribution in [2.75, 3.05) is 13.2 Å². The van der Waals surface area contributed by atoms with Gasteiger partial charge in [0.05, 0.1) is 19.7 Å². The fourth-order valence-electron chi connectivity index (χ4n) is 3.17. The molecule has 0 saturated heterocycles. The number of rotatable bonds is 2. The van der Waals surface area contributed by atoms with Crippen molar-refractivity contribution in [3.8, 4) is 5.75 Å². The lowest BCUT2D eigenvalue weighted by Gasteiger charge is -2.25. The molecule has 2 aliphatic rings. The van der Waals surface area contributed by atoms with Crippen LogP contribution in [0.25, 0.3) is 0 Å². The first kappa shape index (κ1) is 12.6. The zero-order chi connectivity index (χ0) is 14.2. The van der Waals surface area contributed by atoms with Gasteiger partial charge in [-0.15, -0.1) is 0 Å². The van der Waals surface area contributed by atoms with Crippen LogP contribution in [0.4, 0.5) is 0 Å². The fourth-order valence-corrected chi connectivity index (χ4v) is 3.17. The molecule has 3 heterocycles. The van der Waals surface area contributed by atoms with E-state index in [0.29, 0.717) is 26.2 Å². The molecule has 1 aromatic carbocycles. The SMILES string of the molecule is O=c1n(CC2CCOc3ccccc32)nc2n1CCNC2. The third kappa shape index (κ3) is 2.15. The number of aromatic nitrogens is 3. The topological polar surface area (TPSA) is 61.1 Å². The standard InChI is InChI=1S/C15H18N4O2/c20-15-18-7-6-16-9-14(18)17-19(15)10-11-5-8-21-13-4-2-1-3-12(11)13/h1-4,11,16H,5-10H2. The van der Waals surface area contributed by atoms with Crippen LogP contribution in [-0.2, 0) is 19.6 Å². The molecule has 0 fully saturated rings. The molecule has 4 rings (SSSR count). The molecule has 0 amide bonds. The van der Waals surface area contributed by atoms with Crippen molar-refractivity contribution in [1.29, 1.82) is 0 Å². The molecular formula is C15H18N4O2. The second kappa shape index (κ2) is 5.04. The maximum absolute atomic E-state index is 12.4. The van der Waals surface area contributed by atoms with E-state index in [9.17, 15) is 4.79 Å². The largest absolute Gasteiger partial charge is 0.493 e. The zero-order valence-corrected chi connectivity index (χ0v) is 11.8. The molecule has 2 aliphatic heterocycles. The summed E-state index contributed by atoms with van der Waals surface area (Å²) >= 11 is 0. The average Bonchev–Trinajstić information content (AvgIpc) is 2.85. The summed E-state index contributed by atoms with van der Waals surface area (Å²) in [5.74, 6) is 2.07. The van der Waals surface area contributed by atoms with E-state index in [1.165, 1.54) is 5.56 Å². The molecule has 6 heteroatoms. The van der Waals surface area contributed by atoms with Gasteiger partial charge in [0.2, 0.25) is 0 Å². The zero-order valence-electron chi connectivity index (χ0n) is 11.8. The van der Waals surface area contributed by atoms with Gasteiger partial charge >= 0.3 is 5.69 Å². The molecule has 0 radical (unpaired) electrons. The Hall–Kier alpha value is -2.08. The van der Waals surface area contributed by atoms with Crippen LogP contribution in [0, 0.1) is 0 Å². The normalized spacial score (nSPS) is 20.5. The predicted molar refractivity (Wildman–Crippen MR) is 77.5 cm³/mol. The van der Waals surface area contributed by atoms with Crippen molar-refractivity contribution in [3.63, 3.8) is 0 Å².